The van der Waals surface area contributed by atoms with Gasteiger partial charge in [-0.1, -0.05) is 24.3 Å². The van der Waals surface area contributed by atoms with Crippen LogP contribution in [0.15, 0.2) is 42.5 Å². The van der Waals surface area contributed by atoms with E-state index in [-0.39, 0.29) is 30.2 Å². The number of carbonyl (C=O) groups excluding carboxylic acids is 2. The standard InChI is InChI=1S/C25H28N2O4/c1-30-19-10-12-23(31-2)22(14-19)26-15-17(13-24(26)28)25(29)27(18-8-9-18)21-11-7-16-5-3-4-6-20(16)21/h3-6,10,12,14,17-18,21H,7-9,11,13,15H2,1-2H3. The minimum absolute atomic E-state index is 0.0486. The van der Waals surface area contributed by atoms with Crippen LogP contribution in [0.1, 0.15) is 42.9 Å². The number of nitrogens with zero attached hydrogens (tertiary/aromatic N) is 2. The number of aryl methyl sites for hydroxylation is 1. The van der Waals surface area contributed by atoms with E-state index in [1.165, 1.54) is 11.1 Å². The molecule has 2 amide bonds. The van der Waals surface area contributed by atoms with Gasteiger partial charge in [-0.3, -0.25) is 9.59 Å². The summed E-state index contributed by atoms with van der Waals surface area (Å²) >= 11 is 0. The lowest BCUT2D eigenvalue weighted by atomic mass is 10.0. The normalized spacial score (nSPS) is 22.4. The summed E-state index contributed by atoms with van der Waals surface area (Å²) in [7, 11) is 3.18. The first-order valence-corrected chi connectivity index (χ1v) is 11.0. The average molecular weight is 421 g/mol. The van der Waals surface area contributed by atoms with E-state index in [0.29, 0.717) is 29.8 Å². The fourth-order valence-electron chi connectivity index (χ4n) is 5.09. The minimum atomic E-state index is -0.336. The molecule has 1 saturated heterocycles. The molecular weight excluding hydrogens is 392 g/mol. The van der Waals surface area contributed by atoms with Gasteiger partial charge in [0, 0.05) is 25.1 Å². The Kier molecular flexibility index (Phi) is 5.08. The van der Waals surface area contributed by atoms with E-state index >= 15 is 0 Å². The van der Waals surface area contributed by atoms with Gasteiger partial charge in [-0.25, -0.2) is 0 Å². The summed E-state index contributed by atoms with van der Waals surface area (Å²) in [5.74, 6) is 0.984. The first kappa shape index (κ1) is 19.9. The molecule has 1 aliphatic heterocycles. The molecule has 6 nitrogen and oxygen atoms in total. The number of hydrogen-bond acceptors (Lipinski definition) is 4. The molecule has 0 spiro atoms. The Balaban J connectivity index is 1.40. The van der Waals surface area contributed by atoms with Crippen molar-refractivity contribution in [2.24, 2.45) is 5.92 Å². The highest BCUT2D eigenvalue weighted by molar-refractivity contribution is 6.01. The fourth-order valence-corrected chi connectivity index (χ4v) is 5.09. The van der Waals surface area contributed by atoms with Crippen molar-refractivity contribution in [1.82, 2.24) is 4.90 Å². The summed E-state index contributed by atoms with van der Waals surface area (Å²) in [6.45, 7) is 0.374. The lowest BCUT2D eigenvalue weighted by Crippen LogP contribution is -2.41. The Morgan fingerprint density at radius 3 is 2.61 bits per heavy atom. The zero-order chi connectivity index (χ0) is 21.5. The van der Waals surface area contributed by atoms with Gasteiger partial charge < -0.3 is 19.3 Å². The summed E-state index contributed by atoms with van der Waals surface area (Å²) in [6.07, 6.45) is 4.32. The van der Waals surface area contributed by atoms with Crippen molar-refractivity contribution in [2.45, 2.75) is 44.2 Å². The highest BCUT2D eigenvalue weighted by Crippen LogP contribution is 2.44. The highest BCUT2D eigenvalue weighted by Gasteiger charge is 2.45. The summed E-state index contributed by atoms with van der Waals surface area (Å²) in [5, 5.41) is 0. The molecule has 3 aliphatic rings. The van der Waals surface area contributed by atoms with Gasteiger partial charge in [0.05, 0.1) is 31.9 Å². The molecule has 1 heterocycles. The molecule has 0 aromatic heterocycles. The number of fused-ring (bicyclic) bond motifs is 1. The molecule has 2 atom stereocenters. The zero-order valence-corrected chi connectivity index (χ0v) is 18.0. The molecular formula is C25H28N2O4. The Morgan fingerprint density at radius 2 is 1.87 bits per heavy atom. The molecule has 1 saturated carbocycles. The van der Waals surface area contributed by atoms with E-state index in [1.807, 2.05) is 0 Å². The van der Waals surface area contributed by atoms with Crippen molar-refractivity contribution < 1.29 is 19.1 Å². The highest BCUT2D eigenvalue weighted by atomic mass is 16.5. The van der Waals surface area contributed by atoms with E-state index in [0.717, 1.165) is 25.7 Å². The van der Waals surface area contributed by atoms with Crippen LogP contribution < -0.4 is 14.4 Å². The van der Waals surface area contributed by atoms with Gasteiger partial charge in [0.2, 0.25) is 11.8 Å². The third-order valence-electron chi connectivity index (χ3n) is 6.78. The van der Waals surface area contributed by atoms with Crippen LogP contribution in [0.3, 0.4) is 0 Å². The molecule has 5 rings (SSSR count). The van der Waals surface area contributed by atoms with Crippen molar-refractivity contribution in [2.75, 3.05) is 25.7 Å². The monoisotopic (exact) mass is 420 g/mol. The Hall–Kier alpha value is -3.02. The van der Waals surface area contributed by atoms with Crippen molar-refractivity contribution in [1.29, 1.82) is 0 Å². The number of hydrogen-bond donors (Lipinski definition) is 0. The lowest BCUT2D eigenvalue weighted by molar-refractivity contribution is -0.139. The Labute approximate surface area is 182 Å². The van der Waals surface area contributed by atoms with Crippen molar-refractivity contribution in [3.63, 3.8) is 0 Å². The number of rotatable bonds is 6. The molecule has 2 aromatic carbocycles. The topological polar surface area (TPSA) is 59.1 Å². The number of anilines is 1. The van der Waals surface area contributed by atoms with Crippen LogP contribution in [0, 0.1) is 5.92 Å². The second kappa shape index (κ2) is 7.91. The maximum atomic E-state index is 13.7. The predicted molar refractivity (Wildman–Crippen MR) is 117 cm³/mol. The van der Waals surface area contributed by atoms with E-state index < -0.39 is 0 Å². The summed E-state index contributed by atoms with van der Waals surface area (Å²) in [5.41, 5.74) is 3.28. The quantitative estimate of drug-likeness (QED) is 0.714. The second-order valence-corrected chi connectivity index (χ2v) is 8.67. The van der Waals surface area contributed by atoms with Crippen LogP contribution in [0.5, 0.6) is 11.5 Å². The molecule has 0 radical (unpaired) electrons. The van der Waals surface area contributed by atoms with Crippen LogP contribution in [0.2, 0.25) is 0 Å². The first-order chi connectivity index (χ1) is 15.1. The fraction of sp³-hybridized carbons (Fsp3) is 0.440. The second-order valence-electron chi connectivity index (χ2n) is 8.67. The minimum Gasteiger partial charge on any atom is -0.497 e. The van der Waals surface area contributed by atoms with Gasteiger partial charge in [0.25, 0.3) is 0 Å². The largest absolute Gasteiger partial charge is 0.497 e. The number of carbonyl (C=O) groups is 2. The van der Waals surface area contributed by atoms with Crippen molar-refractivity contribution in [3.05, 3.63) is 53.6 Å². The maximum absolute atomic E-state index is 13.7. The number of methoxy groups -OCH3 is 2. The van der Waals surface area contributed by atoms with E-state index in [1.54, 1.807) is 37.3 Å². The summed E-state index contributed by atoms with van der Waals surface area (Å²) in [6, 6.07) is 14.3. The summed E-state index contributed by atoms with van der Waals surface area (Å²) in [4.78, 5) is 30.4. The maximum Gasteiger partial charge on any atom is 0.228 e. The van der Waals surface area contributed by atoms with Crippen molar-refractivity contribution in [3.8, 4) is 11.5 Å². The van der Waals surface area contributed by atoms with E-state index in [9.17, 15) is 9.59 Å². The van der Waals surface area contributed by atoms with Crippen LogP contribution in [0.4, 0.5) is 5.69 Å². The smallest absolute Gasteiger partial charge is 0.228 e. The molecule has 6 heteroatoms. The zero-order valence-electron chi connectivity index (χ0n) is 18.0. The first-order valence-electron chi connectivity index (χ1n) is 11.0. The molecule has 0 N–H and O–H groups in total. The van der Waals surface area contributed by atoms with Gasteiger partial charge in [0.1, 0.15) is 11.5 Å². The molecule has 2 aromatic rings. The predicted octanol–water partition coefficient (Wildman–Crippen LogP) is 3.74. The van der Waals surface area contributed by atoms with Gasteiger partial charge in [-0.15, -0.1) is 0 Å². The molecule has 2 aliphatic carbocycles. The number of amides is 2. The SMILES string of the molecule is COc1ccc(OC)c(N2CC(C(=O)N(C3CC3)C3CCc4ccccc43)CC2=O)c1. The molecule has 2 unspecified atom stereocenters. The van der Waals surface area contributed by atoms with Gasteiger partial charge in [-0.05, 0) is 48.9 Å². The van der Waals surface area contributed by atoms with Gasteiger partial charge in [0.15, 0.2) is 0 Å². The third-order valence-corrected chi connectivity index (χ3v) is 6.78. The number of benzene rings is 2. The molecule has 31 heavy (non-hydrogen) atoms. The van der Waals surface area contributed by atoms with E-state index in [2.05, 4.69) is 29.2 Å². The average Bonchev–Trinajstić information content (AvgIpc) is 3.42. The summed E-state index contributed by atoms with van der Waals surface area (Å²) < 4.78 is 10.8. The van der Waals surface area contributed by atoms with Crippen LogP contribution >= 0.6 is 0 Å². The third kappa shape index (κ3) is 3.54. The van der Waals surface area contributed by atoms with Crippen molar-refractivity contribution >= 4 is 17.5 Å². The molecule has 2 fully saturated rings. The van der Waals surface area contributed by atoms with Crippen LogP contribution in [-0.4, -0.2) is 43.5 Å². The Morgan fingerprint density at radius 1 is 1.06 bits per heavy atom. The Bertz CT molecular complexity index is 1020. The van der Waals surface area contributed by atoms with Gasteiger partial charge in [-0.2, -0.15) is 0 Å². The molecule has 162 valence electrons. The van der Waals surface area contributed by atoms with Crippen LogP contribution in [-0.2, 0) is 16.0 Å². The number of ether oxygens (including phenoxy) is 2. The lowest BCUT2D eigenvalue weighted by Gasteiger charge is -2.32. The van der Waals surface area contributed by atoms with E-state index in [4.69, 9.17) is 9.47 Å². The molecule has 0 bridgehead atoms. The van der Waals surface area contributed by atoms with Gasteiger partial charge >= 0.3 is 0 Å². The van der Waals surface area contributed by atoms with Crippen LogP contribution in [0.25, 0.3) is 0 Å².